The van der Waals surface area contributed by atoms with Crippen molar-refractivity contribution in [1.82, 2.24) is 10.6 Å². The number of fused-ring (bicyclic) bond motifs is 2. The Morgan fingerprint density at radius 1 is 0.745 bits per heavy atom. The molecule has 10 nitrogen and oxygen atoms in total. The van der Waals surface area contributed by atoms with Crippen molar-refractivity contribution in [2.24, 2.45) is 0 Å². The van der Waals surface area contributed by atoms with E-state index in [0.717, 1.165) is 26.7 Å². The lowest BCUT2D eigenvalue weighted by Gasteiger charge is -2.27. The molecule has 3 aromatic rings. The molecule has 0 radical (unpaired) electrons. The maximum Gasteiger partial charge on any atom is 0.408 e. The van der Waals surface area contributed by atoms with Crippen LogP contribution in [0.2, 0.25) is 0 Å². The first-order valence-corrected chi connectivity index (χ1v) is 17.2. The van der Waals surface area contributed by atoms with Gasteiger partial charge in [-0.2, -0.15) is 0 Å². The SMILES string of the molecule is CC(C)(C)OC(=O)N[C@H]1CSc2ccccc2N(Cc2ccccc2)C1=O.CC(C)(C)OC(=O)N[C@H]1CSc2ccccc2NC1=O. The zero-order valence-corrected chi connectivity index (χ0v) is 29.1. The average molecular weight is 679 g/mol. The van der Waals surface area contributed by atoms with E-state index in [2.05, 4.69) is 16.0 Å². The van der Waals surface area contributed by atoms with Gasteiger partial charge in [0.05, 0.1) is 17.9 Å². The number of rotatable bonds is 4. The van der Waals surface area contributed by atoms with Crippen LogP contribution in [0.15, 0.2) is 88.7 Å². The zero-order valence-electron chi connectivity index (χ0n) is 27.5. The first kappa shape index (κ1) is 35.7. The van der Waals surface area contributed by atoms with Crippen LogP contribution in [0.3, 0.4) is 0 Å². The van der Waals surface area contributed by atoms with Crippen LogP contribution in [0.5, 0.6) is 0 Å². The van der Waals surface area contributed by atoms with E-state index in [-0.39, 0.29) is 11.8 Å². The summed E-state index contributed by atoms with van der Waals surface area (Å²) in [6, 6.07) is 24.0. The van der Waals surface area contributed by atoms with Gasteiger partial charge in [0, 0.05) is 21.3 Å². The minimum atomic E-state index is -0.652. The highest BCUT2D eigenvalue weighted by Gasteiger charge is 2.33. The van der Waals surface area contributed by atoms with E-state index in [9.17, 15) is 19.2 Å². The van der Waals surface area contributed by atoms with Gasteiger partial charge in [0.2, 0.25) is 5.91 Å². The average Bonchev–Trinajstić information content (AvgIpc) is 3.22. The Kier molecular flexibility index (Phi) is 11.9. The molecule has 12 heteroatoms. The lowest BCUT2D eigenvalue weighted by molar-refractivity contribution is -0.120. The summed E-state index contributed by atoms with van der Waals surface area (Å²) in [5.74, 6) is 0.568. The third kappa shape index (κ3) is 11.0. The number of hydrogen-bond acceptors (Lipinski definition) is 8. The summed E-state index contributed by atoms with van der Waals surface area (Å²) in [5.41, 5.74) is 1.48. The molecule has 2 heterocycles. The molecule has 47 heavy (non-hydrogen) atoms. The maximum absolute atomic E-state index is 13.3. The summed E-state index contributed by atoms with van der Waals surface area (Å²) in [5, 5.41) is 8.16. The fourth-order valence-electron chi connectivity index (χ4n) is 4.56. The van der Waals surface area contributed by atoms with Crippen molar-refractivity contribution in [2.75, 3.05) is 21.7 Å². The number of benzene rings is 3. The predicted octanol–water partition coefficient (Wildman–Crippen LogP) is 6.84. The molecule has 2 aliphatic rings. The van der Waals surface area contributed by atoms with E-state index >= 15 is 0 Å². The fourth-order valence-corrected chi connectivity index (χ4v) is 6.66. The summed E-state index contributed by atoms with van der Waals surface area (Å²) >= 11 is 3.09. The third-order valence-electron chi connectivity index (χ3n) is 6.56. The van der Waals surface area contributed by atoms with Gasteiger partial charge in [0.15, 0.2) is 0 Å². The molecule has 0 saturated carbocycles. The van der Waals surface area contributed by atoms with Crippen LogP contribution < -0.4 is 20.9 Å². The first-order valence-electron chi connectivity index (χ1n) is 15.3. The van der Waals surface area contributed by atoms with Crippen LogP contribution in [0.1, 0.15) is 47.1 Å². The first-order chi connectivity index (χ1) is 22.2. The molecule has 0 bridgehead atoms. The van der Waals surface area contributed by atoms with Gasteiger partial charge in [-0.25, -0.2) is 9.59 Å². The van der Waals surface area contributed by atoms with Gasteiger partial charge in [0.25, 0.3) is 5.91 Å². The molecule has 0 saturated heterocycles. The zero-order chi connectivity index (χ0) is 34.2. The van der Waals surface area contributed by atoms with Crippen molar-refractivity contribution >= 4 is 58.9 Å². The van der Waals surface area contributed by atoms with Crippen LogP contribution in [-0.4, -0.2) is 58.8 Å². The number of nitrogens with one attached hydrogen (secondary N) is 3. The molecule has 2 atom stereocenters. The number of thioether (sulfide) groups is 2. The number of hydrogen-bond donors (Lipinski definition) is 3. The molecule has 3 N–H and O–H groups in total. The molecule has 0 fully saturated rings. The Labute approximate surface area is 284 Å². The van der Waals surface area contributed by atoms with Crippen molar-refractivity contribution in [2.45, 2.75) is 81.2 Å². The summed E-state index contributed by atoms with van der Waals surface area (Å²) in [6.45, 7) is 11.2. The number of carbonyl (C=O) groups excluding carboxylic acids is 4. The summed E-state index contributed by atoms with van der Waals surface area (Å²) in [7, 11) is 0. The second-order valence-corrected chi connectivity index (χ2v) is 15.0. The molecule has 3 aromatic carbocycles. The Bertz CT molecular complexity index is 1570. The van der Waals surface area contributed by atoms with Crippen molar-refractivity contribution in [3.63, 3.8) is 0 Å². The number of ether oxygens (including phenoxy) is 2. The molecule has 0 aliphatic carbocycles. The van der Waals surface area contributed by atoms with Gasteiger partial charge in [0.1, 0.15) is 23.3 Å². The summed E-state index contributed by atoms with van der Waals surface area (Å²) < 4.78 is 10.5. The maximum atomic E-state index is 13.3. The largest absolute Gasteiger partial charge is 0.444 e. The third-order valence-corrected chi connectivity index (χ3v) is 8.88. The number of anilines is 2. The van der Waals surface area contributed by atoms with Crippen LogP contribution in [-0.2, 0) is 25.6 Å². The minimum Gasteiger partial charge on any atom is -0.444 e. The van der Waals surface area contributed by atoms with Crippen molar-refractivity contribution < 1.29 is 28.7 Å². The smallest absolute Gasteiger partial charge is 0.408 e. The molecule has 250 valence electrons. The van der Waals surface area contributed by atoms with Crippen LogP contribution in [0.25, 0.3) is 0 Å². The van der Waals surface area contributed by atoms with E-state index in [1.54, 1.807) is 58.2 Å². The molecule has 0 spiro atoms. The van der Waals surface area contributed by atoms with E-state index in [4.69, 9.17) is 9.47 Å². The second-order valence-electron chi connectivity index (χ2n) is 12.9. The van der Waals surface area contributed by atoms with Crippen molar-refractivity contribution in [3.05, 3.63) is 84.4 Å². The molecule has 0 aromatic heterocycles. The Morgan fingerprint density at radius 2 is 1.26 bits per heavy atom. The number of amides is 4. The van der Waals surface area contributed by atoms with Gasteiger partial charge >= 0.3 is 12.2 Å². The van der Waals surface area contributed by atoms with Crippen LogP contribution in [0, 0.1) is 0 Å². The van der Waals surface area contributed by atoms with Crippen LogP contribution in [0.4, 0.5) is 21.0 Å². The van der Waals surface area contributed by atoms with Crippen molar-refractivity contribution in [3.8, 4) is 0 Å². The summed E-state index contributed by atoms with van der Waals surface area (Å²) in [4.78, 5) is 53.0. The van der Waals surface area contributed by atoms with E-state index in [0.29, 0.717) is 18.1 Å². The van der Waals surface area contributed by atoms with Crippen molar-refractivity contribution in [1.29, 1.82) is 0 Å². The fraction of sp³-hybridized carbons (Fsp3) is 0.371. The highest BCUT2D eigenvalue weighted by Crippen LogP contribution is 2.35. The monoisotopic (exact) mass is 678 g/mol. The highest BCUT2D eigenvalue weighted by atomic mass is 32.2. The quantitative estimate of drug-likeness (QED) is 0.274. The molecule has 2 aliphatic heterocycles. The van der Waals surface area contributed by atoms with E-state index in [1.807, 2.05) is 78.9 Å². The van der Waals surface area contributed by atoms with Gasteiger partial charge in [-0.15, -0.1) is 23.5 Å². The van der Waals surface area contributed by atoms with E-state index < -0.39 is 35.5 Å². The van der Waals surface area contributed by atoms with E-state index in [1.165, 1.54) is 11.8 Å². The van der Waals surface area contributed by atoms with Gasteiger partial charge < -0.3 is 30.3 Å². The Morgan fingerprint density at radius 3 is 1.89 bits per heavy atom. The molecular formula is C35H42N4O6S2. The highest BCUT2D eigenvalue weighted by molar-refractivity contribution is 7.99. The van der Waals surface area contributed by atoms with Gasteiger partial charge in [-0.1, -0.05) is 54.6 Å². The van der Waals surface area contributed by atoms with Gasteiger partial charge in [-0.05, 0) is 71.4 Å². The van der Waals surface area contributed by atoms with Gasteiger partial charge in [-0.3, -0.25) is 9.59 Å². The lowest BCUT2D eigenvalue weighted by Crippen LogP contribution is -2.50. The predicted molar refractivity (Wildman–Crippen MR) is 187 cm³/mol. The number of carbonyl (C=O) groups is 4. The molecular weight excluding hydrogens is 637 g/mol. The summed E-state index contributed by atoms with van der Waals surface area (Å²) in [6.07, 6.45) is -1.16. The lowest BCUT2D eigenvalue weighted by atomic mass is 10.1. The number of para-hydroxylation sites is 2. The Hall–Kier alpha value is -4.16. The molecule has 5 rings (SSSR count). The molecule has 0 unspecified atom stereocenters. The minimum absolute atomic E-state index is 0.137. The Balaban J connectivity index is 0.000000223. The number of alkyl carbamates (subject to hydrolysis) is 2. The standard InChI is InChI=1S/C21H24N2O3S.C14H18N2O3S/c1-21(2,3)26-20(25)22-16-14-27-18-12-8-7-11-17(18)23(19(16)24)13-15-9-5-4-6-10-15;1-14(2,3)19-13(18)16-10-8-20-11-7-5-4-6-9(11)15-12(10)17/h4-12,16H,13-14H2,1-3H3,(H,22,25);4-7,10H,8H2,1-3H3,(H,15,17)(H,16,18)/t16-;10-/m00/s1. The second kappa shape index (κ2) is 15.6. The molecule has 4 amide bonds. The van der Waals surface area contributed by atoms with Crippen LogP contribution >= 0.6 is 23.5 Å². The topological polar surface area (TPSA) is 126 Å². The number of nitrogens with zero attached hydrogens (tertiary/aromatic N) is 1. The normalized spacial score (nSPS) is 17.7.